The van der Waals surface area contributed by atoms with Gasteiger partial charge in [0.25, 0.3) is 0 Å². The van der Waals surface area contributed by atoms with Crippen LogP contribution in [0.3, 0.4) is 0 Å². The predicted molar refractivity (Wildman–Crippen MR) is 257 cm³/mol. The molecule has 13 N–H and O–H groups in total. The third-order valence-electron chi connectivity index (χ3n) is 21.4. The van der Waals surface area contributed by atoms with Gasteiger partial charge in [-0.3, -0.25) is 0 Å². The number of carbonyl (C=O) groups is 1. The third-order valence-corrected chi connectivity index (χ3v) is 21.4. The number of rotatable bonds is 10. The monoisotopic (exact) mass is 1070 g/mol. The summed E-state index contributed by atoms with van der Waals surface area (Å²) in [5, 5.41) is 142. The van der Waals surface area contributed by atoms with Crippen molar-refractivity contribution in [1.29, 1.82) is 0 Å². The summed E-state index contributed by atoms with van der Waals surface area (Å²) in [5.74, 6) is -1.62. The van der Waals surface area contributed by atoms with Gasteiger partial charge in [0.2, 0.25) is 0 Å². The SMILES string of the molecule is C[C@@H]1O[C@@H](O[C@H]2[C@H](O[C@H]3[C@H](O[C@H]4CC[C@@]5(C)[C@@H](CC[C@]6(C)[C@@H]5CC=C5[C@@H]7CC(C)(C)[C@@H](O[C@@H]8O[C@@H](C)[C@H](O)[C@@H](O)[C@H]8O)[C@H](O)[C@]7(C)CC[C@]56C)[C@@]4(C)CO)O[C@H](C(=O)O)[C@@H](O)[C@@H]3O)OC[C@@H](O)[C@@H]2O)[C@H](O)[C@H](O)[C@H]1O. The lowest BCUT2D eigenvalue weighted by molar-refractivity contribution is -0.387. The first-order valence-corrected chi connectivity index (χ1v) is 27.1. The van der Waals surface area contributed by atoms with Crippen molar-refractivity contribution in [1.82, 2.24) is 0 Å². The molecule has 0 aromatic rings. The molecular formula is C53H86O22. The predicted octanol–water partition coefficient (Wildman–Crippen LogP) is -0.834. The van der Waals surface area contributed by atoms with Crippen LogP contribution < -0.4 is 0 Å². The summed E-state index contributed by atoms with van der Waals surface area (Å²) in [6.07, 6.45) is -25.1. The second kappa shape index (κ2) is 20.4. The van der Waals surface area contributed by atoms with Gasteiger partial charge in [-0.15, -0.1) is 0 Å². The maximum Gasteiger partial charge on any atom is 0.335 e. The quantitative estimate of drug-likeness (QED) is 0.0938. The first-order chi connectivity index (χ1) is 34.9. The van der Waals surface area contributed by atoms with Gasteiger partial charge >= 0.3 is 5.97 Å². The van der Waals surface area contributed by atoms with Gasteiger partial charge in [-0.1, -0.05) is 60.1 Å². The van der Waals surface area contributed by atoms with Crippen LogP contribution in [0.25, 0.3) is 0 Å². The molecule has 0 aromatic heterocycles. The van der Waals surface area contributed by atoms with Gasteiger partial charge in [0.1, 0.15) is 73.2 Å². The van der Waals surface area contributed by atoms with E-state index in [-0.39, 0.29) is 40.6 Å². The lowest BCUT2D eigenvalue weighted by atomic mass is 9.33. The second-order valence-electron chi connectivity index (χ2n) is 25.9. The normalized spacial score (nSPS) is 56.9. The molecule has 430 valence electrons. The molecule has 22 heteroatoms. The van der Waals surface area contributed by atoms with Crippen molar-refractivity contribution in [2.24, 2.45) is 50.2 Å². The summed E-state index contributed by atoms with van der Waals surface area (Å²) < 4.78 is 48.5. The molecule has 0 unspecified atom stereocenters. The number of allylic oxidation sites excluding steroid dienone is 2. The molecule has 4 saturated heterocycles. The minimum Gasteiger partial charge on any atom is -0.479 e. The molecule has 0 amide bonds. The van der Waals surface area contributed by atoms with Gasteiger partial charge in [-0.2, -0.15) is 0 Å². The summed E-state index contributed by atoms with van der Waals surface area (Å²) in [6, 6.07) is 0. The fraction of sp³-hybridized carbons (Fsp3) is 0.943. The topological polar surface area (TPSA) is 354 Å². The summed E-state index contributed by atoms with van der Waals surface area (Å²) in [6.45, 7) is 17.4. The number of hydrogen-bond donors (Lipinski definition) is 13. The van der Waals surface area contributed by atoms with Crippen molar-refractivity contribution >= 4 is 5.97 Å². The lowest BCUT2D eigenvalue weighted by Gasteiger charge is -2.72. The van der Waals surface area contributed by atoms with Crippen LogP contribution in [0.5, 0.6) is 0 Å². The standard InChI is InChI=1S/C53H86O22/c1-21-29(56)32(59)36(63)44(69-21)73-39-31(58)25(55)19-68-46(39)74-40-35(62)34(61)38(43(66)67)72-47(40)71-28-13-14-50(6)26(51(28,7)20-54)12-15-53(9)27(50)11-10-23-24-18-48(3,4)42(41(65)49(24,5)16-17-52(23,53)8)75-45-37(64)33(60)30(57)22(2)70-45/h10,21-22,24-42,44-47,54-65H,11-20H2,1-9H3,(H,66,67)/t21-,22-,24-,25+,26+,27+,28-,29-,30-,31-,32+,33+,34-,35-,36+,37+,38-,39+,40+,41-,42-,44-,45-,46-,47+,49+,50-,51+,52+,53+/m0/s1. The summed E-state index contributed by atoms with van der Waals surface area (Å²) >= 11 is 0. The molecule has 4 saturated carbocycles. The van der Waals surface area contributed by atoms with Crippen molar-refractivity contribution in [2.45, 2.75) is 249 Å². The summed E-state index contributed by atoms with van der Waals surface area (Å²) in [5.41, 5.74) is -1.73. The molecule has 0 radical (unpaired) electrons. The van der Waals surface area contributed by atoms with E-state index in [9.17, 15) is 71.2 Å². The van der Waals surface area contributed by atoms with Crippen LogP contribution in [0.15, 0.2) is 11.6 Å². The van der Waals surface area contributed by atoms with E-state index in [1.165, 1.54) is 12.5 Å². The largest absolute Gasteiger partial charge is 0.479 e. The molecule has 9 rings (SSSR count). The molecule has 4 aliphatic heterocycles. The summed E-state index contributed by atoms with van der Waals surface area (Å²) in [7, 11) is 0. The van der Waals surface area contributed by atoms with E-state index in [0.29, 0.717) is 32.1 Å². The van der Waals surface area contributed by atoms with E-state index in [0.717, 1.165) is 19.3 Å². The molecule has 75 heavy (non-hydrogen) atoms. The van der Waals surface area contributed by atoms with E-state index in [1.807, 2.05) is 6.92 Å². The van der Waals surface area contributed by atoms with Crippen molar-refractivity contribution in [3.8, 4) is 0 Å². The van der Waals surface area contributed by atoms with E-state index in [1.54, 1.807) is 6.92 Å². The molecule has 0 bridgehead atoms. The van der Waals surface area contributed by atoms with Crippen LogP contribution in [-0.4, -0.2) is 221 Å². The van der Waals surface area contributed by atoms with Gasteiger partial charge in [0.15, 0.2) is 31.3 Å². The van der Waals surface area contributed by atoms with Crippen molar-refractivity contribution in [3.63, 3.8) is 0 Å². The highest BCUT2D eigenvalue weighted by molar-refractivity contribution is 5.73. The fourth-order valence-corrected chi connectivity index (χ4v) is 16.3. The van der Waals surface area contributed by atoms with Crippen molar-refractivity contribution in [3.05, 3.63) is 11.6 Å². The number of hydrogen-bond acceptors (Lipinski definition) is 21. The average Bonchev–Trinajstić information content (AvgIpc) is 3.37. The van der Waals surface area contributed by atoms with Crippen LogP contribution in [0, 0.1) is 50.2 Å². The molecule has 0 aromatic carbocycles. The van der Waals surface area contributed by atoms with Crippen molar-refractivity contribution < 1.29 is 109 Å². The fourth-order valence-electron chi connectivity index (χ4n) is 16.3. The average molecular weight is 1080 g/mol. The zero-order valence-electron chi connectivity index (χ0n) is 44.6. The molecule has 9 aliphatic rings. The Hall–Kier alpha value is -1.59. The third kappa shape index (κ3) is 9.12. The Kier molecular flexibility index (Phi) is 15.8. The molecule has 30 atom stereocenters. The molecular weight excluding hydrogens is 989 g/mol. The van der Waals surface area contributed by atoms with Gasteiger partial charge in [0.05, 0.1) is 43.7 Å². The number of fused-ring (bicyclic) bond motifs is 7. The minimum absolute atomic E-state index is 0.0130. The molecule has 22 nitrogen and oxygen atoms in total. The number of carboxylic acids is 1. The Morgan fingerprint density at radius 1 is 0.613 bits per heavy atom. The van der Waals surface area contributed by atoms with E-state index in [2.05, 4.69) is 47.6 Å². The van der Waals surface area contributed by atoms with Crippen LogP contribution in [0.2, 0.25) is 0 Å². The van der Waals surface area contributed by atoms with Crippen LogP contribution in [-0.2, 0) is 42.7 Å². The Bertz CT molecular complexity index is 2100. The molecule has 0 spiro atoms. The molecule has 4 heterocycles. The van der Waals surface area contributed by atoms with Crippen LogP contribution in [0.4, 0.5) is 0 Å². The maximum absolute atomic E-state index is 12.5. The highest BCUT2D eigenvalue weighted by Crippen LogP contribution is 2.76. The Balaban J connectivity index is 0.958. The van der Waals surface area contributed by atoms with Crippen molar-refractivity contribution in [2.75, 3.05) is 13.2 Å². The van der Waals surface area contributed by atoms with E-state index < -0.39 is 164 Å². The highest BCUT2D eigenvalue weighted by Gasteiger charge is 2.71. The molecule has 5 aliphatic carbocycles. The minimum atomic E-state index is -2.05. The number of carboxylic acid groups (broad SMARTS) is 1. The van der Waals surface area contributed by atoms with Gasteiger partial charge in [-0.25, -0.2) is 4.79 Å². The first-order valence-electron chi connectivity index (χ1n) is 27.1. The smallest absolute Gasteiger partial charge is 0.335 e. The number of aliphatic carboxylic acids is 1. The second-order valence-corrected chi connectivity index (χ2v) is 25.9. The van der Waals surface area contributed by atoms with Gasteiger partial charge < -0.3 is 104 Å². The maximum atomic E-state index is 12.5. The summed E-state index contributed by atoms with van der Waals surface area (Å²) in [4.78, 5) is 12.5. The van der Waals surface area contributed by atoms with Crippen LogP contribution >= 0.6 is 0 Å². The lowest BCUT2D eigenvalue weighted by Crippen LogP contribution is -2.69. The Morgan fingerprint density at radius 3 is 1.80 bits per heavy atom. The van der Waals surface area contributed by atoms with Crippen LogP contribution in [0.1, 0.15) is 114 Å². The van der Waals surface area contributed by atoms with E-state index >= 15 is 0 Å². The highest BCUT2D eigenvalue weighted by atomic mass is 16.8. The zero-order chi connectivity index (χ0) is 55.0. The Labute approximate surface area is 437 Å². The van der Waals surface area contributed by atoms with Gasteiger partial charge in [0, 0.05) is 10.8 Å². The zero-order valence-corrected chi connectivity index (χ0v) is 44.6. The number of ether oxygens (including phenoxy) is 8. The van der Waals surface area contributed by atoms with Gasteiger partial charge in [-0.05, 0) is 105 Å². The Morgan fingerprint density at radius 2 is 1.20 bits per heavy atom. The molecule has 8 fully saturated rings. The number of aliphatic hydroxyl groups excluding tert-OH is 12. The first kappa shape index (κ1) is 58.1. The van der Waals surface area contributed by atoms with E-state index in [4.69, 9.17) is 37.9 Å². The number of aliphatic hydroxyl groups is 12.